The fourth-order valence-corrected chi connectivity index (χ4v) is 8.17. The maximum atomic E-state index is 5.22. The summed E-state index contributed by atoms with van der Waals surface area (Å²) < 4.78 is 2.42. The second-order valence-corrected chi connectivity index (χ2v) is 12.9. The summed E-state index contributed by atoms with van der Waals surface area (Å²) in [7, 11) is 0. The quantitative estimate of drug-likeness (QED) is 0.184. The molecular weight excluding hydrogens is 595 g/mol. The van der Waals surface area contributed by atoms with Crippen molar-refractivity contribution in [2.24, 2.45) is 0 Å². The van der Waals surface area contributed by atoms with Gasteiger partial charge in [-0.3, -0.25) is 0 Å². The van der Waals surface area contributed by atoms with Crippen molar-refractivity contribution in [2.75, 3.05) is 0 Å². The number of hydrogen-bond donors (Lipinski definition) is 0. The standard InChI is InChI=1S/C46H27N3/c1-2-11-30(12-3-1)44-38-26-22-28-10-4-5-14-33(28)45(38)48-46(47-44)31-20-24-32(25-21-31)49-39-19-9-18-37-35-16-7-6-15-34(35)36-17-8-13-29-23-27-40(49)43(41(29)36)42(37)39/h1-27H. The minimum atomic E-state index is 0.723. The first-order valence-electron chi connectivity index (χ1n) is 16.8. The Kier molecular flexibility index (Phi) is 5.38. The van der Waals surface area contributed by atoms with Gasteiger partial charge >= 0.3 is 0 Å². The van der Waals surface area contributed by atoms with Crippen LogP contribution >= 0.6 is 0 Å². The molecule has 0 saturated carbocycles. The average Bonchev–Trinajstić information content (AvgIpc) is 3.46. The second-order valence-electron chi connectivity index (χ2n) is 12.9. The SMILES string of the molecule is c1ccc(-c2nc(-c3ccc(-n4c5cccc6c5c5c7c(cccc7ccc54)-c4ccccc4-6)cc3)nc3c2ccc2ccccc23)cc1. The first-order chi connectivity index (χ1) is 24.3. The highest BCUT2D eigenvalue weighted by Gasteiger charge is 2.24. The summed E-state index contributed by atoms with van der Waals surface area (Å²) in [5.41, 5.74) is 12.7. The van der Waals surface area contributed by atoms with E-state index in [1.54, 1.807) is 0 Å². The maximum absolute atomic E-state index is 5.22. The van der Waals surface area contributed by atoms with E-state index < -0.39 is 0 Å². The van der Waals surface area contributed by atoms with Crippen molar-refractivity contribution >= 4 is 54.3 Å². The van der Waals surface area contributed by atoms with Crippen LogP contribution in [0.4, 0.5) is 0 Å². The van der Waals surface area contributed by atoms with E-state index in [2.05, 4.69) is 162 Å². The molecule has 8 aromatic carbocycles. The number of nitrogens with zero attached hydrogens (tertiary/aromatic N) is 3. The van der Waals surface area contributed by atoms with Crippen molar-refractivity contribution in [1.29, 1.82) is 0 Å². The first-order valence-corrected chi connectivity index (χ1v) is 16.8. The van der Waals surface area contributed by atoms with Gasteiger partial charge in [-0.25, -0.2) is 9.97 Å². The predicted molar refractivity (Wildman–Crippen MR) is 204 cm³/mol. The van der Waals surface area contributed by atoms with Crippen molar-refractivity contribution in [3.05, 3.63) is 164 Å². The zero-order valence-corrected chi connectivity index (χ0v) is 26.4. The third-order valence-corrected chi connectivity index (χ3v) is 10.3. The van der Waals surface area contributed by atoms with Crippen LogP contribution in [-0.4, -0.2) is 14.5 Å². The number of aromatic nitrogens is 3. The van der Waals surface area contributed by atoms with E-state index in [9.17, 15) is 0 Å². The van der Waals surface area contributed by atoms with Gasteiger partial charge in [0.2, 0.25) is 0 Å². The molecule has 2 heterocycles. The lowest BCUT2D eigenvalue weighted by molar-refractivity contribution is 1.17. The van der Waals surface area contributed by atoms with Crippen molar-refractivity contribution in [3.8, 4) is 50.6 Å². The van der Waals surface area contributed by atoms with E-state index in [-0.39, 0.29) is 0 Å². The molecule has 0 radical (unpaired) electrons. The first kappa shape index (κ1) is 26.5. The minimum Gasteiger partial charge on any atom is -0.309 e. The lowest BCUT2D eigenvalue weighted by Crippen LogP contribution is -1.97. The second kappa shape index (κ2) is 9.96. The van der Waals surface area contributed by atoms with E-state index in [0.717, 1.165) is 44.6 Å². The lowest BCUT2D eigenvalue weighted by atomic mass is 9.93. The van der Waals surface area contributed by atoms with Gasteiger partial charge in [-0.2, -0.15) is 0 Å². The zero-order valence-electron chi connectivity index (χ0n) is 26.4. The van der Waals surface area contributed by atoms with Gasteiger partial charge in [0.15, 0.2) is 5.82 Å². The maximum Gasteiger partial charge on any atom is 0.160 e. The number of benzene rings is 8. The molecule has 0 atom stereocenters. The Balaban J connectivity index is 1.14. The molecule has 226 valence electrons. The number of rotatable bonds is 3. The summed E-state index contributed by atoms with van der Waals surface area (Å²) in [4.78, 5) is 10.4. The summed E-state index contributed by atoms with van der Waals surface area (Å²) in [6.45, 7) is 0. The van der Waals surface area contributed by atoms with Crippen LogP contribution in [0.2, 0.25) is 0 Å². The van der Waals surface area contributed by atoms with Crippen LogP contribution in [0.25, 0.3) is 105 Å². The molecule has 0 saturated heterocycles. The summed E-state index contributed by atoms with van der Waals surface area (Å²) in [6.07, 6.45) is 0. The normalized spacial score (nSPS) is 12.1. The highest BCUT2D eigenvalue weighted by Crippen LogP contribution is 2.49. The largest absolute Gasteiger partial charge is 0.309 e. The van der Waals surface area contributed by atoms with Gasteiger partial charge in [0.05, 0.1) is 22.2 Å². The summed E-state index contributed by atoms with van der Waals surface area (Å²) in [5, 5.41) is 8.57. The Hall–Kier alpha value is -6.58. The Labute approximate surface area is 282 Å². The van der Waals surface area contributed by atoms with Crippen LogP contribution in [0.5, 0.6) is 0 Å². The predicted octanol–water partition coefficient (Wildman–Crippen LogP) is 12.0. The molecule has 3 heteroatoms. The molecule has 0 spiro atoms. The van der Waals surface area contributed by atoms with E-state index in [4.69, 9.17) is 9.97 Å². The van der Waals surface area contributed by atoms with Gasteiger partial charge in [0, 0.05) is 38.4 Å². The van der Waals surface area contributed by atoms with Gasteiger partial charge < -0.3 is 4.57 Å². The topological polar surface area (TPSA) is 30.7 Å². The van der Waals surface area contributed by atoms with Gasteiger partial charge in [-0.1, -0.05) is 121 Å². The summed E-state index contributed by atoms with van der Waals surface area (Å²) in [5.74, 6) is 0.723. The van der Waals surface area contributed by atoms with E-state index in [0.29, 0.717) is 0 Å². The molecule has 0 unspecified atom stereocenters. The highest BCUT2D eigenvalue weighted by atomic mass is 15.0. The van der Waals surface area contributed by atoms with E-state index >= 15 is 0 Å². The Bertz CT molecular complexity index is 2970. The van der Waals surface area contributed by atoms with Crippen LogP contribution in [0.1, 0.15) is 0 Å². The average molecular weight is 622 g/mol. The van der Waals surface area contributed by atoms with Crippen molar-refractivity contribution in [2.45, 2.75) is 0 Å². The Morgan fingerprint density at radius 1 is 0.367 bits per heavy atom. The van der Waals surface area contributed by atoms with Crippen molar-refractivity contribution in [3.63, 3.8) is 0 Å². The zero-order chi connectivity index (χ0) is 32.1. The van der Waals surface area contributed by atoms with Crippen LogP contribution < -0.4 is 0 Å². The van der Waals surface area contributed by atoms with Gasteiger partial charge in [-0.15, -0.1) is 0 Å². The smallest absolute Gasteiger partial charge is 0.160 e. The molecule has 0 bridgehead atoms. The molecule has 11 rings (SSSR count). The molecule has 0 aliphatic heterocycles. The fourth-order valence-electron chi connectivity index (χ4n) is 8.17. The van der Waals surface area contributed by atoms with E-state index in [1.165, 1.54) is 60.2 Å². The van der Waals surface area contributed by atoms with Gasteiger partial charge in [-0.05, 0) is 80.9 Å². The van der Waals surface area contributed by atoms with Crippen LogP contribution in [0.15, 0.2) is 164 Å². The minimum absolute atomic E-state index is 0.723. The highest BCUT2D eigenvalue weighted by molar-refractivity contribution is 6.30. The summed E-state index contributed by atoms with van der Waals surface area (Å²) in [6, 6.07) is 58.9. The Morgan fingerprint density at radius 3 is 1.86 bits per heavy atom. The van der Waals surface area contributed by atoms with Crippen molar-refractivity contribution in [1.82, 2.24) is 14.5 Å². The van der Waals surface area contributed by atoms with Crippen molar-refractivity contribution < 1.29 is 0 Å². The molecular formula is C46H27N3. The monoisotopic (exact) mass is 621 g/mol. The molecule has 0 N–H and O–H groups in total. The third kappa shape index (κ3) is 3.73. The molecule has 3 nitrogen and oxygen atoms in total. The molecule has 0 fully saturated rings. The number of fused-ring (bicyclic) bond motifs is 6. The van der Waals surface area contributed by atoms with Gasteiger partial charge in [0.1, 0.15) is 0 Å². The molecule has 2 aromatic heterocycles. The number of hydrogen-bond acceptors (Lipinski definition) is 2. The summed E-state index contributed by atoms with van der Waals surface area (Å²) >= 11 is 0. The molecule has 1 aliphatic rings. The Morgan fingerprint density at radius 2 is 1.02 bits per heavy atom. The molecule has 0 amide bonds. The van der Waals surface area contributed by atoms with E-state index in [1.807, 2.05) is 6.07 Å². The lowest BCUT2D eigenvalue weighted by Gasteiger charge is -2.14. The van der Waals surface area contributed by atoms with Gasteiger partial charge in [0.25, 0.3) is 0 Å². The molecule has 49 heavy (non-hydrogen) atoms. The van der Waals surface area contributed by atoms with Crippen LogP contribution in [-0.2, 0) is 0 Å². The van der Waals surface area contributed by atoms with Crippen LogP contribution in [0, 0.1) is 0 Å². The fraction of sp³-hybridized carbons (Fsp3) is 0. The third-order valence-electron chi connectivity index (χ3n) is 10.3. The molecule has 1 aliphatic carbocycles. The molecule has 10 aromatic rings. The van der Waals surface area contributed by atoms with Crippen LogP contribution in [0.3, 0.4) is 0 Å².